The van der Waals surface area contributed by atoms with E-state index in [1.165, 1.54) is 18.4 Å². The van der Waals surface area contributed by atoms with E-state index >= 15 is 0 Å². The second kappa shape index (κ2) is 7.28. The van der Waals surface area contributed by atoms with Gasteiger partial charge in [0.2, 0.25) is 0 Å². The number of carbonyl (C=O) groups is 2. The second-order valence-corrected chi connectivity index (χ2v) is 5.95. The molecule has 0 saturated heterocycles. The minimum atomic E-state index is -0.513. The smallest absolute Gasteiger partial charge is 0.343 e. The molecule has 3 N–H and O–H groups in total. The molecule has 0 aliphatic heterocycles. The van der Waals surface area contributed by atoms with Crippen LogP contribution in [0.1, 0.15) is 53.6 Å². The summed E-state index contributed by atoms with van der Waals surface area (Å²) in [4.78, 5) is 24.1. The van der Waals surface area contributed by atoms with E-state index in [2.05, 4.69) is 19.2 Å². The zero-order chi connectivity index (χ0) is 15.3. The first kappa shape index (κ1) is 16.5. The van der Waals surface area contributed by atoms with Crippen LogP contribution in [0.25, 0.3) is 0 Å². The van der Waals surface area contributed by atoms with E-state index in [1.54, 1.807) is 6.92 Å². The summed E-state index contributed by atoms with van der Waals surface area (Å²) in [5, 5.41) is 3.80. The number of carbonyl (C=O) groups excluding carboxylic acids is 2. The van der Waals surface area contributed by atoms with Crippen molar-refractivity contribution in [1.82, 2.24) is 0 Å². The lowest BCUT2D eigenvalue weighted by Crippen LogP contribution is -2.10. The van der Waals surface area contributed by atoms with Gasteiger partial charge in [0, 0.05) is 13.0 Å². The van der Waals surface area contributed by atoms with Gasteiger partial charge in [-0.25, -0.2) is 4.79 Å². The van der Waals surface area contributed by atoms with Gasteiger partial charge in [0.1, 0.15) is 10.6 Å². The monoisotopic (exact) mass is 298 g/mol. The van der Waals surface area contributed by atoms with Crippen molar-refractivity contribution in [3.8, 4) is 0 Å². The quantitative estimate of drug-likeness (QED) is 0.597. The lowest BCUT2D eigenvalue weighted by molar-refractivity contribution is 0.0603. The van der Waals surface area contributed by atoms with Gasteiger partial charge in [-0.05, 0) is 12.3 Å². The average Bonchev–Trinajstić information content (AvgIpc) is 2.73. The summed E-state index contributed by atoms with van der Waals surface area (Å²) in [5.41, 5.74) is 6.44. The lowest BCUT2D eigenvalue weighted by Gasteiger charge is -2.08. The van der Waals surface area contributed by atoms with Crippen LogP contribution in [0.5, 0.6) is 0 Å². The highest BCUT2D eigenvalue weighted by Gasteiger charge is 2.25. The number of methoxy groups -OCH3 is 1. The predicted molar refractivity (Wildman–Crippen MR) is 82.6 cm³/mol. The van der Waals surface area contributed by atoms with Gasteiger partial charge in [-0.2, -0.15) is 0 Å². The fourth-order valence-electron chi connectivity index (χ4n) is 1.72. The molecule has 0 fully saturated rings. The molecule has 0 amide bonds. The first-order chi connectivity index (χ1) is 9.42. The zero-order valence-electron chi connectivity index (χ0n) is 12.4. The van der Waals surface area contributed by atoms with Gasteiger partial charge in [-0.3, -0.25) is 4.79 Å². The van der Waals surface area contributed by atoms with Crippen LogP contribution in [-0.2, 0) is 4.74 Å². The van der Waals surface area contributed by atoms with Gasteiger partial charge < -0.3 is 15.8 Å². The molecule has 0 aromatic carbocycles. The maximum Gasteiger partial charge on any atom is 0.343 e. The van der Waals surface area contributed by atoms with Crippen molar-refractivity contribution < 1.29 is 14.3 Å². The largest absolute Gasteiger partial charge is 0.465 e. The maximum atomic E-state index is 11.8. The Morgan fingerprint density at radius 2 is 2.05 bits per heavy atom. The zero-order valence-corrected chi connectivity index (χ0v) is 13.2. The van der Waals surface area contributed by atoms with Gasteiger partial charge in [0.05, 0.1) is 17.7 Å². The summed E-state index contributed by atoms with van der Waals surface area (Å²) < 4.78 is 4.75. The Balaban J connectivity index is 3.07. The van der Waals surface area contributed by atoms with Crippen LogP contribution in [0.3, 0.4) is 0 Å². The molecule has 0 spiro atoms. The van der Waals surface area contributed by atoms with Crippen molar-refractivity contribution in [2.75, 3.05) is 24.7 Å². The van der Waals surface area contributed by atoms with Crippen molar-refractivity contribution in [1.29, 1.82) is 0 Å². The molecular weight excluding hydrogens is 276 g/mol. The molecule has 5 nitrogen and oxygen atoms in total. The van der Waals surface area contributed by atoms with Crippen LogP contribution in [-0.4, -0.2) is 25.4 Å². The van der Waals surface area contributed by atoms with Crippen LogP contribution >= 0.6 is 11.3 Å². The number of esters is 1. The van der Waals surface area contributed by atoms with Gasteiger partial charge in [-0.15, -0.1) is 11.3 Å². The Kier molecular flexibility index (Phi) is 6.01. The highest BCUT2D eigenvalue weighted by Crippen LogP contribution is 2.37. The molecule has 0 aliphatic rings. The minimum absolute atomic E-state index is 0.0606. The number of nitrogens with two attached hydrogens (primary N) is 1. The number of ether oxygens (including phenoxy) is 1. The molecule has 0 atom stereocenters. The summed E-state index contributed by atoms with van der Waals surface area (Å²) in [5.74, 6) is -0.0198. The molecule has 0 aliphatic carbocycles. The van der Waals surface area contributed by atoms with Crippen molar-refractivity contribution in [2.24, 2.45) is 5.92 Å². The van der Waals surface area contributed by atoms with Gasteiger partial charge in [0.15, 0.2) is 5.78 Å². The summed E-state index contributed by atoms with van der Waals surface area (Å²) in [6.07, 6.45) is 1.33. The summed E-state index contributed by atoms with van der Waals surface area (Å²) in [7, 11) is 1.30. The topological polar surface area (TPSA) is 81.4 Å². The molecule has 6 heteroatoms. The summed E-state index contributed by atoms with van der Waals surface area (Å²) in [6, 6.07) is 0. The Hall–Kier alpha value is -1.56. The highest BCUT2D eigenvalue weighted by molar-refractivity contribution is 7.19. The molecule has 1 aromatic heterocycles. The molecule has 1 rings (SSSR count). The number of thiophene rings is 1. The number of Topliss-reactive ketones (excluding diaryl/α,β-unsaturated/α-hetero) is 1. The molecule has 0 unspecified atom stereocenters. The molecule has 1 heterocycles. The van der Waals surface area contributed by atoms with Crippen LogP contribution in [0.2, 0.25) is 0 Å². The average molecular weight is 298 g/mol. The van der Waals surface area contributed by atoms with E-state index in [1.807, 2.05) is 0 Å². The molecule has 0 saturated carbocycles. The van der Waals surface area contributed by atoms with E-state index in [0.717, 1.165) is 13.0 Å². The third kappa shape index (κ3) is 3.72. The van der Waals surface area contributed by atoms with Crippen molar-refractivity contribution in [3.63, 3.8) is 0 Å². The normalized spacial score (nSPS) is 10.7. The third-order valence-corrected chi connectivity index (χ3v) is 4.12. The van der Waals surface area contributed by atoms with Gasteiger partial charge in [0.25, 0.3) is 0 Å². The van der Waals surface area contributed by atoms with Crippen LogP contribution in [0.4, 0.5) is 10.7 Å². The SMILES string of the molecule is CCC(=O)c1sc(NCCC(C)C)c(C(=O)OC)c1N. The molecular formula is C14H22N2O3S. The van der Waals surface area contributed by atoms with Crippen molar-refractivity contribution in [2.45, 2.75) is 33.6 Å². The number of nitrogens with one attached hydrogen (secondary N) is 1. The fraction of sp³-hybridized carbons (Fsp3) is 0.571. The molecule has 20 heavy (non-hydrogen) atoms. The van der Waals surface area contributed by atoms with Gasteiger partial charge in [-0.1, -0.05) is 20.8 Å². The van der Waals surface area contributed by atoms with E-state index in [9.17, 15) is 9.59 Å². The Morgan fingerprint density at radius 1 is 1.40 bits per heavy atom. The maximum absolute atomic E-state index is 11.8. The lowest BCUT2D eigenvalue weighted by atomic mass is 10.1. The second-order valence-electron chi connectivity index (χ2n) is 4.93. The van der Waals surface area contributed by atoms with Crippen LogP contribution in [0, 0.1) is 5.92 Å². The van der Waals surface area contributed by atoms with E-state index in [0.29, 0.717) is 22.2 Å². The van der Waals surface area contributed by atoms with Crippen LogP contribution < -0.4 is 11.1 Å². The fourth-order valence-corrected chi connectivity index (χ4v) is 2.86. The van der Waals surface area contributed by atoms with Gasteiger partial charge >= 0.3 is 5.97 Å². The number of hydrogen-bond acceptors (Lipinski definition) is 6. The van der Waals surface area contributed by atoms with E-state index in [-0.39, 0.29) is 17.0 Å². The number of hydrogen-bond donors (Lipinski definition) is 2. The molecule has 0 radical (unpaired) electrons. The van der Waals surface area contributed by atoms with E-state index < -0.39 is 5.97 Å². The third-order valence-electron chi connectivity index (χ3n) is 2.92. The molecule has 112 valence electrons. The van der Waals surface area contributed by atoms with Crippen molar-refractivity contribution in [3.05, 3.63) is 10.4 Å². The van der Waals surface area contributed by atoms with Crippen LogP contribution in [0.15, 0.2) is 0 Å². The number of ketones is 1. The number of nitrogen functional groups attached to an aromatic ring is 1. The first-order valence-corrected chi connectivity index (χ1v) is 7.51. The number of rotatable bonds is 7. The summed E-state index contributed by atoms with van der Waals surface area (Å²) in [6.45, 7) is 6.74. The molecule has 1 aromatic rings. The van der Waals surface area contributed by atoms with Crippen molar-refractivity contribution >= 4 is 33.8 Å². The highest BCUT2D eigenvalue weighted by atomic mass is 32.1. The molecule has 0 bridgehead atoms. The minimum Gasteiger partial charge on any atom is -0.465 e. The summed E-state index contributed by atoms with van der Waals surface area (Å²) >= 11 is 1.23. The Bertz CT molecular complexity index is 495. The van der Waals surface area contributed by atoms with E-state index in [4.69, 9.17) is 10.5 Å². The number of anilines is 2. The predicted octanol–water partition coefficient (Wildman–Crippen LogP) is 3.17. The standard InChI is InChI=1S/C14H22N2O3S/c1-5-9(17)12-11(15)10(14(18)19-4)13(20-12)16-7-6-8(2)3/h8,16H,5-7,15H2,1-4H3. The Labute approximate surface area is 123 Å². The Morgan fingerprint density at radius 3 is 2.55 bits per heavy atom. The first-order valence-electron chi connectivity index (χ1n) is 6.69.